The van der Waals surface area contributed by atoms with Crippen molar-refractivity contribution in [2.45, 2.75) is 387 Å². The van der Waals surface area contributed by atoms with E-state index in [4.69, 9.17) is 37.0 Å². The van der Waals surface area contributed by atoms with E-state index < -0.39 is 97.5 Å². The van der Waals surface area contributed by atoms with Gasteiger partial charge in [-0.25, -0.2) is 9.13 Å². The normalized spacial score (nSPS) is 14.1. The Hall–Kier alpha value is -1.94. The van der Waals surface area contributed by atoms with E-state index in [-0.39, 0.29) is 25.7 Å². The van der Waals surface area contributed by atoms with E-state index >= 15 is 0 Å². The first-order valence-corrected chi connectivity index (χ1v) is 40.5. The Morgan fingerprint density at radius 2 is 0.505 bits per heavy atom. The van der Waals surface area contributed by atoms with Crippen LogP contribution in [0, 0.1) is 11.8 Å². The minimum absolute atomic E-state index is 0.106. The predicted molar refractivity (Wildman–Crippen MR) is 368 cm³/mol. The number of phosphoric acid groups is 2. The number of esters is 4. The molecule has 0 aromatic heterocycles. The summed E-state index contributed by atoms with van der Waals surface area (Å²) >= 11 is 0. The molecule has 0 amide bonds. The molecule has 0 fully saturated rings. The standard InChI is InChI=1S/C72H140O17P2/c1-7-9-11-13-15-17-31-38-44-50-56-71(76)88-67(60-82-69(74)54-48-42-36-16-14-12-10-8-2)62-86-90(78,79)84-58-66(73)59-85-91(80,81)87-63-68(61-83-70(75)55-49-43-37-33-28-30-35-41-47-53-65(5)6)89-72(77)57-51-45-39-32-27-25-23-21-19-18-20-22-24-26-29-34-40-46-52-64(3)4/h64-68,73H,7-63H2,1-6H3,(H,78,79)(H,80,81)/t66-,67+,68+/m0/s1. The van der Waals surface area contributed by atoms with Crippen LogP contribution in [0.4, 0.5) is 0 Å². The van der Waals surface area contributed by atoms with Gasteiger partial charge in [-0.1, -0.05) is 318 Å². The molecule has 0 radical (unpaired) electrons. The second-order valence-electron chi connectivity index (χ2n) is 26.9. The molecule has 0 rings (SSSR count). The quantitative estimate of drug-likeness (QED) is 0.0222. The van der Waals surface area contributed by atoms with Crippen LogP contribution in [0.2, 0.25) is 0 Å². The maximum atomic E-state index is 13.0. The van der Waals surface area contributed by atoms with Gasteiger partial charge < -0.3 is 33.8 Å². The highest BCUT2D eigenvalue weighted by molar-refractivity contribution is 7.47. The molecule has 19 heteroatoms. The third-order valence-corrected chi connectivity index (χ3v) is 18.6. The molecule has 3 N–H and O–H groups in total. The van der Waals surface area contributed by atoms with E-state index in [9.17, 15) is 43.2 Å². The number of hydrogen-bond donors (Lipinski definition) is 3. The molecule has 0 aliphatic carbocycles. The molecular formula is C72H140O17P2. The van der Waals surface area contributed by atoms with E-state index in [1.807, 2.05) is 0 Å². The van der Waals surface area contributed by atoms with Gasteiger partial charge in [0.15, 0.2) is 12.2 Å². The molecule has 0 bridgehead atoms. The van der Waals surface area contributed by atoms with E-state index in [0.717, 1.165) is 108 Å². The fourth-order valence-electron chi connectivity index (χ4n) is 10.9. The van der Waals surface area contributed by atoms with Crippen LogP contribution in [-0.2, 0) is 65.4 Å². The lowest BCUT2D eigenvalue weighted by Crippen LogP contribution is -2.30. The molecular weight excluding hydrogens is 1200 g/mol. The first kappa shape index (κ1) is 89.1. The Kier molecular flexibility index (Phi) is 62.7. The molecule has 5 atom stereocenters. The first-order valence-electron chi connectivity index (χ1n) is 37.5. The molecule has 0 aromatic rings. The second kappa shape index (κ2) is 64.1. The van der Waals surface area contributed by atoms with Gasteiger partial charge in [-0.2, -0.15) is 0 Å². The highest BCUT2D eigenvalue weighted by atomic mass is 31.2. The minimum atomic E-state index is -4.95. The third-order valence-electron chi connectivity index (χ3n) is 16.7. The Bertz CT molecular complexity index is 1770. The molecule has 0 heterocycles. The fourth-order valence-corrected chi connectivity index (χ4v) is 12.5. The molecule has 0 aromatic carbocycles. The van der Waals surface area contributed by atoms with Crippen molar-refractivity contribution >= 4 is 39.5 Å². The highest BCUT2D eigenvalue weighted by Crippen LogP contribution is 2.45. The Labute approximate surface area is 556 Å². The molecule has 0 aliphatic rings. The van der Waals surface area contributed by atoms with E-state index in [2.05, 4.69) is 41.5 Å². The number of phosphoric ester groups is 2. The summed E-state index contributed by atoms with van der Waals surface area (Å²) in [6.45, 7) is 9.54. The summed E-state index contributed by atoms with van der Waals surface area (Å²) in [5.41, 5.74) is 0. The van der Waals surface area contributed by atoms with Crippen molar-refractivity contribution in [1.29, 1.82) is 0 Å². The number of aliphatic hydroxyl groups excluding tert-OH is 1. The van der Waals surface area contributed by atoms with Gasteiger partial charge in [0.25, 0.3) is 0 Å². The van der Waals surface area contributed by atoms with Crippen molar-refractivity contribution in [3.63, 3.8) is 0 Å². The zero-order valence-corrected chi connectivity index (χ0v) is 60.9. The second-order valence-corrected chi connectivity index (χ2v) is 29.8. The third kappa shape index (κ3) is 66.5. The number of ether oxygens (including phenoxy) is 4. The highest BCUT2D eigenvalue weighted by Gasteiger charge is 2.30. The summed E-state index contributed by atoms with van der Waals surface area (Å²) in [5.74, 6) is -0.561. The number of unbranched alkanes of at least 4 members (excludes halogenated alkanes) is 41. The Morgan fingerprint density at radius 1 is 0.297 bits per heavy atom. The van der Waals surface area contributed by atoms with Crippen LogP contribution in [-0.4, -0.2) is 96.7 Å². The van der Waals surface area contributed by atoms with Gasteiger partial charge in [0.2, 0.25) is 0 Å². The SMILES string of the molecule is CCCCCCCCCCCCC(=O)O[C@H](COC(=O)CCCCCCCCCC)COP(=O)(O)OC[C@H](O)COP(=O)(O)OC[C@@H](COC(=O)CCCCCCCCCCCC(C)C)OC(=O)CCCCCCCCCCCCCCCCCCCCC(C)C. The van der Waals surface area contributed by atoms with Crippen molar-refractivity contribution in [3.05, 3.63) is 0 Å². The van der Waals surface area contributed by atoms with Crippen molar-refractivity contribution in [3.8, 4) is 0 Å². The number of carbonyl (C=O) groups excluding carboxylic acids is 4. The van der Waals surface area contributed by atoms with Crippen LogP contribution < -0.4 is 0 Å². The van der Waals surface area contributed by atoms with E-state index in [1.54, 1.807) is 0 Å². The van der Waals surface area contributed by atoms with Crippen molar-refractivity contribution in [2.24, 2.45) is 11.8 Å². The Balaban J connectivity index is 5.15. The molecule has 0 spiro atoms. The lowest BCUT2D eigenvalue weighted by atomic mass is 10.0. The maximum absolute atomic E-state index is 13.0. The summed E-state index contributed by atoms with van der Waals surface area (Å²) in [4.78, 5) is 72.5. The van der Waals surface area contributed by atoms with Gasteiger partial charge in [-0.3, -0.25) is 37.3 Å². The molecule has 0 saturated carbocycles. The van der Waals surface area contributed by atoms with Crippen LogP contribution in [0.15, 0.2) is 0 Å². The Morgan fingerprint density at radius 3 is 0.747 bits per heavy atom. The molecule has 0 saturated heterocycles. The molecule has 91 heavy (non-hydrogen) atoms. The summed E-state index contributed by atoms with van der Waals surface area (Å²) in [5, 5.41) is 10.6. The van der Waals surface area contributed by atoms with Crippen LogP contribution >= 0.6 is 15.6 Å². The minimum Gasteiger partial charge on any atom is -0.462 e. The number of hydrogen-bond acceptors (Lipinski definition) is 15. The molecule has 540 valence electrons. The van der Waals surface area contributed by atoms with Crippen LogP contribution in [0.5, 0.6) is 0 Å². The number of aliphatic hydroxyl groups is 1. The van der Waals surface area contributed by atoms with E-state index in [1.165, 1.54) is 180 Å². The largest absolute Gasteiger partial charge is 0.472 e. The molecule has 2 unspecified atom stereocenters. The van der Waals surface area contributed by atoms with Crippen LogP contribution in [0.25, 0.3) is 0 Å². The monoisotopic (exact) mass is 1340 g/mol. The zero-order chi connectivity index (χ0) is 67.2. The zero-order valence-electron chi connectivity index (χ0n) is 59.1. The van der Waals surface area contributed by atoms with Gasteiger partial charge >= 0.3 is 39.5 Å². The smallest absolute Gasteiger partial charge is 0.462 e. The van der Waals surface area contributed by atoms with Gasteiger partial charge in [0.1, 0.15) is 19.3 Å². The first-order chi connectivity index (χ1) is 43.9. The van der Waals surface area contributed by atoms with Gasteiger partial charge in [0, 0.05) is 25.7 Å². The van der Waals surface area contributed by atoms with E-state index in [0.29, 0.717) is 25.7 Å². The number of rotatable bonds is 71. The van der Waals surface area contributed by atoms with Gasteiger partial charge in [-0.05, 0) is 37.5 Å². The van der Waals surface area contributed by atoms with Crippen LogP contribution in [0.3, 0.4) is 0 Å². The maximum Gasteiger partial charge on any atom is 0.472 e. The molecule has 0 aliphatic heterocycles. The summed E-state index contributed by atoms with van der Waals surface area (Å²) in [6.07, 6.45) is 50.1. The van der Waals surface area contributed by atoms with Gasteiger partial charge in [-0.15, -0.1) is 0 Å². The molecule has 17 nitrogen and oxygen atoms in total. The van der Waals surface area contributed by atoms with Crippen molar-refractivity contribution in [1.82, 2.24) is 0 Å². The summed E-state index contributed by atoms with van der Waals surface area (Å²) in [7, 11) is -9.90. The fraction of sp³-hybridized carbons (Fsp3) is 0.944. The summed E-state index contributed by atoms with van der Waals surface area (Å²) < 4.78 is 68.2. The van der Waals surface area contributed by atoms with Crippen molar-refractivity contribution in [2.75, 3.05) is 39.6 Å². The average Bonchev–Trinajstić information content (AvgIpc) is 3.71. The van der Waals surface area contributed by atoms with Gasteiger partial charge in [0.05, 0.1) is 26.4 Å². The van der Waals surface area contributed by atoms with Crippen molar-refractivity contribution < 1.29 is 80.2 Å². The summed E-state index contributed by atoms with van der Waals surface area (Å²) in [6, 6.07) is 0. The lowest BCUT2D eigenvalue weighted by molar-refractivity contribution is -0.161. The number of carbonyl (C=O) groups is 4. The average molecular weight is 1340 g/mol. The van der Waals surface area contributed by atoms with Crippen LogP contribution in [0.1, 0.15) is 369 Å². The predicted octanol–water partition coefficient (Wildman–Crippen LogP) is 20.8. The lowest BCUT2D eigenvalue weighted by Gasteiger charge is -2.21. The topological polar surface area (TPSA) is 237 Å².